The Bertz CT molecular complexity index is 555. The molecule has 0 spiro atoms. The summed E-state index contributed by atoms with van der Waals surface area (Å²) in [6.45, 7) is 1.95. The lowest BCUT2D eigenvalue weighted by Crippen LogP contribution is -2.39. The molecule has 5 nitrogen and oxygen atoms in total. The number of hydrogen-bond acceptors (Lipinski definition) is 3. The number of alkyl halides is 6. The van der Waals surface area contributed by atoms with Gasteiger partial charge in [0.05, 0.1) is 18.5 Å². The highest BCUT2D eigenvalue weighted by Gasteiger charge is 2.33. The average molecular weight is 371 g/mol. The van der Waals surface area contributed by atoms with Crippen LogP contribution in [0.1, 0.15) is 18.9 Å². The lowest BCUT2D eigenvalue weighted by molar-refractivity contribution is -0.137. The van der Waals surface area contributed by atoms with E-state index >= 15 is 0 Å². The van der Waals surface area contributed by atoms with Crippen molar-refractivity contribution in [3.8, 4) is 0 Å². The first-order chi connectivity index (χ1) is 11.6. The van der Waals surface area contributed by atoms with E-state index in [1.165, 1.54) is 12.3 Å². The summed E-state index contributed by atoms with van der Waals surface area (Å²) in [7, 11) is 0. The summed E-state index contributed by atoms with van der Waals surface area (Å²) in [5.74, 6) is -0.151. The number of guanidine groups is 1. The predicted molar refractivity (Wildman–Crippen MR) is 82.4 cm³/mol. The molecule has 11 heteroatoms. The molecule has 0 aliphatic carbocycles. The number of nitrogens with zero attached hydrogens (tertiary/aromatic N) is 2. The summed E-state index contributed by atoms with van der Waals surface area (Å²) in [4.78, 5) is 7.40. The lowest BCUT2D eigenvalue weighted by Gasteiger charge is -2.15. The number of rotatable bonds is 7. The largest absolute Gasteiger partial charge is 0.419 e. The number of nitrogens with one attached hydrogen (secondary N) is 3. The van der Waals surface area contributed by atoms with E-state index in [4.69, 9.17) is 0 Å². The third-order valence-corrected chi connectivity index (χ3v) is 2.83. The summed E-state index contributed by atoms with van der Waals surface area (Å²) in [5.41, 5.74) is -0.888. The highest BCUT2D eigenvalue weighted by molar-refractivity contribution is 5.79. The van der Waals surface area contributed by atoms with E-state index in [2.05, 4.69) is 25.9 Å². The SMILES string of the molecule is CCNC(=NCCC(F)(F)F)NCCNc1ncccc1C(F)(F)F. The van der Waals surface area contributed by atoms with Gasteiger partial charge in [0.1, 0.15) is 5.82 Å². The van der Waals surface area contributed by atoms with E-state index in [0.29, 0.717) is 6.54 Å². The minimum Gasteiger partial charge on any atom is -0.368 e. The van der Waals surface area contributed by atoms with Gasteiger partial charge >= 0.3 is 12.4 Å². The Morgan fingerprint density at radius 3 is 2.44 bits per heavy atom. The van der Waals surface area contributed by atoms with Gasteiger partial charge in [0, 0.05) is 25.8 Å². The van der Waals surface area contributed by atoms with Crippen molar-refractivity contribution in [1.82, 2.24) is 15.6 Å². The molecule has 0 atom stereocenters. The number of hydrogen-bond donors (Lipinski definition) is 3. The standard InChI is InChI=1S/C14H19F6N5/c1-2-21-12(24-7-5-13(15,16)17)25-9-8-23-11-10(14(18,19)20)4-3-6-22-11/h3-4,6H,2,5,7-9H2,1H3,(H,22,23)(H2,21,24,25). The molecule has 0 aliphatic rings. The van der Waals surface area contributed by atoms with Crippen LogP contribution in [0.3, 0.4) is 0 Å². The van der Waals surface area contributed by atoms with Gasteiger partial charge in [-0.25, -0.2) is 4.98 Å². The third-order valence-electron chi connectivity index (χ3n) is 2.83. The first-order valence-corrected chi connectivity index (χ1v) is 7.48. The van der Waals surface area contributed by atoms with E-state index in [1.54, 1.807) is 6.92 Å². The van der Waals surface area contributed by atoms with Crippen molar-refractivity contribution in [3.63, 3.8) is 0 Å². The molecule has 1 aromatic heterocycles. The van der Waals surface area contributed by atoms with Gasteiger partial charge in [-0.3, -0.25) is 4.99 Å². The van der Waals surface area contributed by atoms with Gasteiger partial charge in [-0.2, -0.15) is 26.3 Å². The highest BCUT2D eigenvalue weighted by atomic mass is 19.4. The number of aromatic nitrogens is 1. The van der Waals surface area contributed by atoms with Crippen LogP contribution in [0.25, 0.3) is 0 Å². The van der Waals surface area contributed by atoms with E-state index in [-0.39, 0.29) is 24.9 Å². The Hall–Kier alpha value is -2.20. The maximum Gasteiger partial charge on any atom is 0.419 e. The Morgan fingerprint density at radius 2 is 1.84 bits per heavy atom. The quantitative estimate of drug-likeness (QED) is 0.298. The van der Waals surface area contributed by atoms with Crippen LogP contribution in [-0.4, -0.2) is 43.3 Å². The molecule has 0 fully saturated rings. The topological polar surface area (TPSA) is 61.3 Å². The van der Waals surface area contributed by atoms with Crippen LogP contribution < -0.4 is 16.0 Å². The van der Waals surface area contributed by atoms with Crippen molar-refractivity contribution < 1.29 is 26.3 Å². The summed E-state index contributed by atoms with van der Waals surface area (Å²) in [6.07, 6.45) is -8.65. The maximum absolute atomic E-state index is 12.8. The fraction of sp³-hybridized carbons (Fsp3) is 0.571. The maximum atomic E-state index is 12.8. The average Bonchev–Trinajstić information content (AvgIpc) is 2.49. The molecule has 1 aromatic rings. The molecule has 0 amide bonds. The van der Waals surface area contributed by atoms with Crippen molar-refractivity contribution in [2.24, 2.45) is 4.99 Å². The normalized spacial score (nSPS) is 12.8. The molecule has 0 radical (unpaired) electrons. The van der Waals surface area contributed by atoms with E-state index in [9.17, 15) is 26.3 Å². The van der Waals surface area contributed by atoms with Crippen LogP contribution in [0, 0.1) is 0 Å². The summed E-state index contributed by atoms with van der Waals surface area (Å²) in [6, 6.07) is 2.09. The molecule has 1 rings (SSSR count). The van der Waals surface area contributed by atoms with Crippen LogP contribution in [-0.2, 0) is 6.18 Å². The molecule has 0 unspecified atom stereocenters. The van der Waals surface area contributed by atoms with Gasteiger partial charge in [0.2, 0.25) is 0 Å². The van der Waals surface area contributed by atoms with Crippen LogP contribution >= 0.6 is 0 Å². The molecule has 0 aliphatic heterocycles. The van der Waals surface area contributed by atoms with Gasteiger partial charge < -0.3 is 16.0 Å². The smallest absolute Gasteiger partial charge is 0.368 e. The molecular formula is C14H19F6N5. The Balaban J connectivity index is 2.51. The summed E-state index contributed by atoms with van der Waals surface area (Å²) < 4.78 is 74.7. The van der Waals surface area contributed by atoms with Crippen LogP contribution in [0.2, 0.25) is 0 Å². The van der Waals surface area contributed by atoms with E-state index in [1.807, 2.05) is 0 Å². The van der Waals surface area contributed by atoms with Gasteiger partial charge in [-0.1, -0.05) is 0 Å². The molecule has 0 saturated heterocycles. The van der Waals surface area contributed by atoms with Crippen molar-refractivity contribution in [2.75, 3.05) is 31.5 Å². The minimum atomic E-state index is -4.53. The summed E-state index contributed by atoms with van der Waals surface area (Å²) >= 11 is 0. The monoisotopic (exact) mass is 371 g/mol. The summed E-state index contributed by atoms with van der Waals surface area (Å²) in [5, 5.41) is 8.03. The number of aliphatic imine (C=N–C) groups is 1. The van der Waals surface area contributed by atoms with Crippen LogP contribution in [0.4, 0.5) is 32.2 Å². The van der Waals surface area contributed by atoms with E-state index in [0.717, 1.165) is 6.07 Å². The molecule has 0 saturated carbocycles. The van der Waals surface area contributed by atoms with Gasteiger partial charge in [-0.05, 0) is 19.1 Å². The zero-order chi connectivity index (χ0) is 18.9. The first kappa shape index (κ1) is 20.8. The first-order valence-electron chi connectivity index (χ1n) is 7.48. The molecule has 0 aromatic carbocycles. The third kappa shape index (κ3) is 8.45. The zero-order valence-electron chi connectivity index (χ0n) is 13.4. The molecule has 1 heterocycles. The van der Waals surface area contributed by atoms with Crippen LogP contribution in [0.5, 0.6) is 0 Å². The van der Waals surface area contributed by atoms with Gasteiger partial charge in [-0.15, -0.1) is 0 Å². The Kier molecular flexibility index (Phi) is 7.78. The Labute approximate surface area is 140 Å². The van der Waals surface area contributed by atoms with Gasteiger partial charge in [0.15, 0.2) is 5.96 Å². The molecule has 0 bridgehead atoms. The highest BCUT2D eigenvalue weighted by Crippen LogP contribution is 2.33. The fourth-order valence-electron chi connectivity index (χ4n) is 1.77. The second kappa shape index (κ2) is 9.33. The van der Waals surface area contributed by atoms with Crippen LogP contribution in [0.15, 0.2) is 23.3 Å². The zero-order valence-corrected chi connectivity index (χ0v) is 13.4. The van der Waals surface area contributed by atoms with Crippen molar-refractivity contribution >= 4 is 11.8 Å². The second-order valence-corrected chi connectivity index (χ2v) is 4.88. The van der Waals surface area contributed by atoms with Gasteiger partial charge in [0.25, 0.3) is 0 Å². The number of pyridine rings is 1. The van der Waals surface area contributed by atoms with Crippen molar-refractivity contribution in [2.45, 2.75) is 25.7 Å². The Morgan fingerprint density at radius 1 is 1.12 bits per heavy atom. The second-order valence-electron chi connectivity index (χ2n) is 4.88. The molecule has 3 N–H and O–H groups in total. The molecular weight excluding hydrogens is 352 g/mol. The van der Waals surface area contributed by atoms with E-state index < -0.39 is 30.9 Å². The van der Waals surface area contributed by atoms with Crippen molar-refractivity contribution in [1.29, 1.82) is 0 Å². The molecule has 25 heavy (non-hydrogen) atoms. The minimum absolute atomic E-state index is 0.0732. The fourth-order valence-corrected chi connectivity index (χ4v) is 1.77. The molecule has 142 valence electrons. The predicted octanol–water partition coefficient (Wildman–Crippen LogP) is 3.02. The number of halogens is 6. The van der Waals surface area contributed by atoms with Crippen molar-refractivity contribution in [3.05, 3.63) is 23.9 Å². The number of anilines is 1. The lowest BCUT2D eigenvalue weighted by atomic mass is 10.2.